The van der Waals surface area contributed by atoms with E-state index in [1.807, 2.05) is 24.3 Å². The highest BCUT2D eigenvalue weighted by Gasteiger charge is 2.12. The molecule has 0 saturated heterocycles. The second-order valence-corrected chi connectivity index (χ2v) is 8.34. The number of H-pyrrole nitrogens is 1. The average Bonchev–Trinajstić information content (AvgIpc) is 3.02. The number of nitrogens with zero attached hydrogens (tertiary/aromatic N) is 2. The van der Waals surface area contributed by atoms with Gasteiger partial charge >= 0.3 is 0 Å². The van der Waals surface area contributed by atoms with Gasteiger partial charge in [-0.15, -0.1) is 6.42 Å². The third-order valence-corrected chi connectivity index (χ3v) is 5.71. The number of imidazole rings is 1. The zero-order chi connectivity index (χ0) is 19.6. The van der Waals surface area contributed by atoms with Crippen LogP contribution in [0.4, 0.5) is 0 Å². The molecule has 0 aliphatic carbocycles. The Hall–Kier alpha value is -2.04. The standard InChI is InChI=1S/C21H15I2N3O/c1-4-5-27-20-16(22)9-14(10-17(20)23)8-15(11-24)21-25-18-6-12(2)13(3)7-19(18)26-21/h1,6-10H,5H2,2-3H3,(H,25,26)/b15-8-. The predicted octanol–water partition coefficient (Wildman–Crippen LogP) is 5.47. The number of halogens is 2. The maximum absolute atomic E-state index is 9.66. The van der Waals surface area contributed by atoms with Gasteiger partial charge in [-0.05, 0) is 106 Å². The van der Waals surface area contributed by atoms with E-state index in [0.29, 0.717) is 11.4 Å². The largest absolute Gasteiger partial charge is 0.479 e. The molecule has 0 unspecified atom stereocenters. The first-order valence-corrected chi connectivity index (χ1v) is 10.2. The van der Waals surface area contributed by atoms with Gasteiger partial charge in [-0.25, -0.2) is 4.98 Å². The van der Waals surface area contributed by atoms with Crippen LogP contribution in [0.1, 0.15) is 22.5 Å². The SMILES string of the molecule is C#CCOc1c(I)cc(/C=C(/C#N)c2nc3cc(C)c(C)cc3[nH]2)cc1I. The highest BCUT2D eigenvalue weighted by molar-refractivity contribution is 14.1. The molecular formula is C21H15I2N3O. The summed E-state index contributed by atoms with van der Waals surface area (Å²) >= 11 is 4.42. The van der Waals surface area contributed by atoms with Crippen molar-refractivity contribution in [3.63, 3.8) is 0 Å². The van der Waals surface area contributed by atoms with E-state index < -0.39 is 0 Å². The summed E-state index contributed by atoms with van der Waals surface area (Å²) in [7, 11) is 0. The number of hydrogen-bond acceptors (Lipinski definition) is 3. The van der Waals surface area contributed by atoms with E-state index in [-0.39, 0.29) is 6.61 Å². The maximum atomic E-state index is 9.66. The smallest absolute Gasteiger partial charge is 0.149 e. The molecule has 0 aliphatic rings. The lowest BCUT2D eigenvalue weighted by atomic mass is 10.1. The van der Waals surface area contributed by atoms with Gasteiger partial charge < -0.3 is 9.72 Å². The van der Waals surface area contributed by atoms with Crippen molar-refractivity contribution in [2.75, 3.05) is 6.61 Å². The van der Waals surface area contributed by atoms with Gasteiger partial charge in [-0.3, -0.25) is 0 Å². The fourth-order valence-corrected chi connectivity index (χ4v) is 4.76. The van der Waals surface area contributed by atoms with Gasteiger partial charge in [0.2, 0.25) is 0 Å². The van der Waals surface area contributed by atoms with Crippen LogP contribution in [0.15, 0.2) is 24.3 Å². The summed E-state index contributed by atoms with van der Waals surface area (Å²) in [6.45, 7) is 4.34. The molecule has 134 valence electrons. The van der Waals surface area contributed by atoms with Gasteiger partial charge in [0.15, 0.2) is 0 Å². The van der Waals surface area contributed by atoms with Crippen molar-refractivity contribution in [2.24, 2.45) is 0 Å². The lowest BCUT2D eigenvalue weighted by Crippen LogP contribution is -1.98. The average molecular weight is 579 g/mol. The summed E-state index contributed by atoms with van der Waals surface area (Å²) < 4.78 is 7.47. The molecular weight excluding hydrogens is 564 g/mol. The Morgan fingerprint density at radius 2 is 1.89 bits per heavy atom. The number of rotatable bonds is 4. The van der Waals surface area contributed by atoms with Crippen LogP contribution < -0.4 is 4.74 Å². The van der Waals surface area contributed by atoms with Crippen LogP contribution in [0.5, 0.6) is 5.75 Å². The minimum absolute atomic E-state index is 0.225. The molecule has 1 heterocycles. The predicted molar refractivity (Wildman–Crippen MR) is 125 cm³/mol. The van der Waals surface area contributed by atoms with E-state index in [9.17, 15) is 5.26 Å². The number of nitriles is 1. The Morgan fingerprint density at radius 3 is 2.52 bits per heavy atom. The number of aromatic nitrogens is 2. The minimum Gasteiger partial charge on any atom is -0.479 e. The molecule has 3 rings (SSSR count). The zero-order valence-corrected chi connectivity index (χ0v) is 19.0. The lowest BCUT2D eigenvalue weighted by Gasteiger charge is -2.09. The number of terminal acetylenes is 1. The van der Waals surface area contributed by atoms with E-state index in [2.05, 4.69) is 87.1 Å². The molecule has 6 heteroatoms. The molecule has 1 N–H and O–H groups in total. The van der Waals surface area contributed by atoms with Crippen LogP contribution in [0, 0.1) is 44.7 Å². The summed E-state index contributed by atoms with van der Waals surface area (Å²) in [6.07, 6.45) is 7.10. The molecule has 0 atom stereocenters. The summed E-state index contributed by atoms with van der Waals surface area (Å²) in [4.78, 5) is 7.84. The zero-order valence-electron chi connectivity index (χ0n) is 14.7. The Morgan fingerprint density at radius 1 is 1.22 bits per heavy atom. The van der Waals surface area contributed by atoms with E-state index in [4.69, 9.17) is 11.2 Å². The molecule has 2 aromatic carbocycles. The number of nitrogens with one attached hydrogen (secondary N) is 1. The number of aryl methyl sites for hydroxylation is 2. The Balaban J connectivity index is 2.02. The first kappa shape index (κ1) is 19.7. The number of fused-ring (bicyclic) bond motifs is 1. The summed E-state index contributed by atoms with van der Waals surface area (Å²) in [5.41, 5.74) is 5.53. The highest BCUT2D eigenvalue weighted by atomic mass is 127. The summed E-state index contributed by atoms with van der Waals surface area (Å²) in [5, 5.41) is 9.66. The van der Waals surface area contributed by atoms with Gasteiger partial charge in [0.1, 0.15) is 24.3 Å². The van der Waals surface area contributed by atoms with E-state index in [1.165, 1.54) is 11.1 Å². The lowest BCUT2D eigenvalue weighted by molar-refractivity contribution is 0.365. The van der Waals surface area contributed by atoms with Crippen LogP contribution in [0.25, 0.3) is 22.7 Å². The number of ether oxygens (including phenoxy) is 1. The third-order valence-electron chi connectivity index (χ3n) is 4.10. The van der Waals surface area contributed by atoms with Crippen LogP contribution in [0.3, 0.4) is 0 Å². The molecule has 0 saturated carbocycles. The van der Waals surface area contributed by atoms with Gasteiger partial charge in [0, 0.05) is 0 Å². The molecule has 0 amide bonds. The summed E-state index contributed by atoms with van der Waals surface area (Å²) in [5.74, 6) is 3.80. The monoisotopic (exact) mass is 579 g/mol. The van der Waals surface area contributed by atoms with Crippen LogP contribution >= 0.6 is 45.2 Å². The summed E-state index contributed by atoms with van der Waals surface area (Å²) in [6, 6.07) is 10.3. The second kappa shape index (κ2) is 8.32. The quantitative estimate of drug-likeness (QED) is 0.254. The molecule has 3 aromatic rings. The van der Waals surface area contributed by atoms with Crippen molar-refractivity contribution in [1.82, 2.24) is 9.97 Å². The van der Waals surface area contributed by atoms with Gasteiger partial charge in [0.05, 0.1) is 23.7 Å². The molecule has 0 spiro atoms. The van der Waals surface area contributed by atoms with Crippen molar-refractivity contribution in [1.29, 1.82) is 5.26 Å². The Bertz CT molecular complexity index is 1080. The number of allylic oxidation sites excluding steroid dienone is 1. The van der Waals surface area contributed by atoms with Gasteiger partial charge in [0.25, 0.3) is 0 Å². The molecule has 4 nitrogen and oxygen atoms in total. The van der Waals surface area contributed by atoms with Crippen LogP contribution in [-0.2, 0) is 0 Å². The molecule has 0 radical (unpaired) electrons. The van der Waals surface area contributed by atoms with E-state index in [1.54, 1.807) is 0 Å². The van der Waals surface area contributed by atoms with Crippen molar-refractivity contribution in [3.8, 4) is 24.2 Å². The maximum Gasteiger partial charge on any atom is 0.149 e. The number of aromatic amines is 1. The van der Waals surface area contributed by atoms with E-state index >= 15 is 0 Å². The van der Waals surface area contributed by atoms with Crippen LogP contribution in [0.2, 0.25) is 0 Å². The minimum atomic E-state index is 0.225. The molecule has 0 bridgehead atoms. The fourth-order valence-electron chi connectivity index (χ4n) is 2.63. The Labute approximate surface area is 185 Å². The number of hydrogen-bond donors (Lipinski definition) is 1. The van der Waals surface area contributed by atoms with Gasteiger partial charge in [-0.1, -0.05) is 5.92 Å². The Kier molecular flexibility index (Phi) is 6.08. The van der Waals surface area contributed by atoms with Crippen molar-refractivity contribution in [3.05, 3.63) is 53.9 Å². The fraction of sp³-hybridized carbons (Fsp3) is 0.143. The molecule has 1 aromatic heterocycles. The third kappa shape index (κ3) is 4.28. The van der Waals surface area contributed by atoms with E-state index in [0.717, 1.165) is 29.5 Å². The topological polar surface area (TPSA) is 61.7 Å². The number of benzene rings is 2. The van der Waals surface area contributed by atoms with Crippen molar-refractivity contribution < 1.29 is 4.74 Å². The highest BCUT2D eigenvalue weighted by Crippen LogP contribution is 2.30. The van der Waals surface area contributed by atoms with Crippen molar-refractivity contribution in [2.45, 2.75) is 13.8 Å². The molecule has 0 fully saturated rings. The second-order valence-electron chi connectivity index (χ2n) is 6.02. The molecule has 0 aliphatic heterocycles. The first-order chi connectivity index (χ1) is 12.9. The van der Waals surface area contributed by atoms with Crippen LogP contribution in [-0.4, -0.2) is 16.6 Å². The van der Waals surface area contributed by atoms with Gasteiger partial charge in [-0.2, -0.15) is 5.26 Å². The normalized spacial score (nSPS) is 11.3. The molecule has 27 heavy (non-hydrogen) atoms. The van der Waals surface area contributed by atoms with Crippen molar-refractivity contribution >= 4 is 67.9 Å². The first-order valence-electron chi connectivity index (χ1n) is 8.07.